The number of aromatic nitrogens is 4. The second kappa shape index (κ2) is 8.19. The Bertz CT molecular complexity index is 904. The number of hydrogen-bond donors (Lipinski definition) is 0. The highest BCUT2D eigenvalue weighted by molar-refractivity contribution is 7.98. The van der Waals surface area contributed by atoms with E-state index < -0.39 is 34.9 Å². The van der Waals surface area contributed by atoms with Crippen LogP contribution in [0.2, 0.25) is 0 Å². The summed E-state index contributed by atoms with van der Waals surface area (Å²) in [4.78, 5) is 30.9. The van der Waals surface area contributed by atoms with Crippen molar-refractivity contribution in [3.8, 4) is 0 Å². The zero-order valence-electron chi connectivity index (χ0n) is 14.3. The maximum Gasteiger partial charge on any atom is 0.433 e. The van der Waals surface area contributed by atoms with Gasteiger partial charge in [-0.3, -0.25) is 18.7 Å². The fraction of sp³-hybridized carbons (Fsp3) is 0.429. The lowest BCUT2D eigenvalue weighted by Crippen LogP contribution is -2.31. The maximum atomic E-state index is 12.8. The van der Waals surface area contributed by atoms with Gasteiger partial charge in [-0.1, -0.05) is 23.5 Å². The number of hydrogen-bond acceptors (Lipinski definition) is 6. The van der Waals surface area contributed by atoms with Crippen LogP contribution in [0.4, 0.5) is 26.3 Å². The molecule has 0 aliphatic carbocycles. The Kier molecular flexibility index (Phi) is 6.53. The van der Waals surface area contributed by atoms with E-state index in [1.165, 1.54) is 12.5 Å². The van der Waals surface area contributed by atoms with Gasteiger partial charge in [0.05, 0.1) is 0 Å². The predicted octanol–water partition coefficient (Wildman–Crippen LogP) is 2.98. The molecule has 0 aliphatic heterocycles. The Balaban J connectivity index is 2.42. The minimum atomic E-state index is -4.80. The van der Waals surface area contributed by atoms with Crippen molar-refractivity contribution in [1.29, 1.82) is 0 Å². The van der Waals surface area contributed by atoms with Gasteiger partial charge in [0.2, 0.25) is 0 Å². The van der Waals surface area contributed by atoms with E-state index in [1.54, 1.807) is 0 Å². The van der Waals surface area contributed by atoms with Gasteiger partial charge < -0.3 is 0 Å². The Hall–Kier alpha value is -1.96. The molecule has 6 nitrogen and oxygen atoms in total. The van der Waals surface area contributed by atoms with Crippen LogP contribution in [0.3, 0.4) is 0 Å². The van der Waals surface area contributed by atoms with Crippen molar-refractivity contribution in [2.24, 2.45) is 0 Å². The molecule has 0 N–H and O–H groups in total. The van der Waals surface area contributed by atoms with E-state index in [4.69, 9.17) is 0 Å². The molecule has 0 saturated carbocycles. The van der Waals surface area contributed by atoms with Gasteiger partial charge in [-0.05, 0) is 12.5 Å². The Morgan fingerprint density at radius 3 is 1.36 bits per heavy atom. The number of nitrogens with zero attached hydrogens (tertiary/aromatic N) is 4. The monoisotopic (exact) mass is 446 g/mol. The van der Waals surface area contributed by atoms with Gasteiger partial charge in [0.1, 0.15) is 0 Å². The third kappa shape index (κ3) is 4.90. The smallest absolute Gasteiger partial charge is 0.286 e. The topological polar surface area (TPSA) is 69.8 Å². The van der Waals surface area contributed by atoms with Crippen LogP contribution in [-0.2, 0) is 25.4 Å². The highest BCUT2D eigenvalue weighted by Gasteiger charge is 2.35. The van der Waals surface area contributed by atoms with Crippen molar-refractivity contribution in [2.45, 2.75) is 35.8 Å². The summed E-state index contributed by atoms with van der Waals surface area (Å²) < 4.78 is 78.5. The molecule has 14 heteroatoms. The summed E-state index contributed by atoms with van der Waals surface area (Å²) in [6, 6.07) is 0.645. The quantitative estimate of drug-likeness (QED) is 0.400. The van der Waals surface area contributed by atoms with Crippen molar-refractivity contribution >= 4 is 23.5 Å². The minimum Gasteiger partial charge on any atom is -0.286 e. The molecule has 2 aromatic rings. The number of rotatable bonds is 5. The summed E-state index contributed by atoms with van der Waals surface area (Å²) in [6.07, 6.45) is -6.78. The first-order chi connectivity index (χ1) is 12.9. The average molecular weight is 446 g/mol. The molecule has 0 saturated heterocycles. The molecule has 0 unspecified atom stereocenters. The largest absolute Gasteiger partial charge is 0.433 e. The van der Waals surface area contributed by atoms with E-state index in [-0.39, 0.29) is 23.4 Å². The lowest BCUT2D eigenvalue weighted by Gasteiger charge is -2.16. The average Bonchev–Trinajstić information content (AvgIpc) is 2.58. The molecule has 0 aromatic carbocycles. The molecule has 0 atom stereocenters. The van der Waals surface area contributed by atoms with Crippen LogP contribution in [0.25, 0.3) is 0 Å². The maximum absolute atomic E-state index is 12.8. The van der Waals surface area contributed by atoms with Gasteiger partial charge in [0.15, 0.2) is 21.7 Å². The zero-order valence-corrected chi connectivity index (χ0v) is 15.9. The van der Waals surface area contributed by atoms with Crippen molar-refractivity contribution in [3.63, 3.8) is 0 Å². The van der Waals surface area contributed by atoms with Crippen LogP contribution >= 0.6 is 23.5 Å². The van der Waals surface area contributed by atoms with Gasteiger partial charge >= 0.3 is 12.4 Å². The number of thioether (sulfide) groups is 2. The highest BCUT2D eigenvalue weighted by Crippen LogP contribution is 2.29. The second-order valence-corrected chi connectivity index (χ2v) is 6.78. The van der Waals surface area contributed by atoms with E-state index in [0.29, 0.717) is 12.1 Å². The van der Waals surface area contributed by atoms with Gasteiger partial charge in [-0.25, -0.2) is 9.97 Å². The molecule has 2 rings (SSSR count). The first kappa shape index (κ1) is 22.3. The van der Waals surface area contributed by atoms with Crippen molar-refractivity contribution in [3.05, 3.63) is 44.2 Å². The number of alkyl halides is 6. The summed E-state index contributed by atoms with van der Waals surface area (Å²) in [5, 5.41) is -0.475. The summed E-state index contributed by atoms with van der Waals surface area (Å²) >= 11 is 1.58. The Labute approximate surface area is 162 Å². The molecule has 0 bridgehead atoms. The van der Waals surface area contributed by atoms with Gasteiger partial charge in [0, 0.05) is 25.2 Å². The predicted molar refractivity (Wildman–Crippen MR) is 90.6 cm³/mol. The standard InChI is InChI=1S/C14H12F6N4O2S2/c1-27-11-21-7(13(15,16)17)5-9(25)23(11)3-4-24-10(26)6-8(14(18,19)20)22-12(24)28-2/h5-6H,3-4H2,1-2H3. The van der Waals surface area contributed by atoms with Crippen LogP contribution in [0.15, 0.2) is 32.0 Å². The molecule has 2 heterocycles. The van der Waals surface area contributed by atoms with Crippen molar-refractivity contribution in [1.82, 2.24) is 19.1 Å². The van der Waals surface area contributed by atoms with E-state index in [0.717, 1.165) is 32.7 Å². The normalized spacial score (nSPS) is 12.4. The first-order valence-corrected chi connectivity index (χ1v) is 9.79. The zero-order chi connectivity index (χ0) is 21.3. The van der Waals surface area contributed by atoms with Crippen LogP contribution in [0, 0.1) is 0 Å². The van der Waals surface area contributed by atoms with Crippen LogP contribution in [-0.4, -0.2) is 31.6 Å². The molecule has 0 radical (unpaired) electrons. The second-order valence-electron chi connectivity index (χ2n) is 5.23. The molecule has 28 heavy (non-hydrogen) atoms. The Morgan fingerprint density at radius 2 is 1.11 bits per heavy atom. The fourth-order valence-electron chi connectivity index (χ4n) is 2.18. The van der Waals surface area contributed by atoms with Gasteiger partial charge in [-0.2, -0.15) is 26.3 Å². The van der Waals surface area contributed by atoms with Crippen LogP contribution < -0.4 is 11.1 Å². The molecule has 0 aliphatic rings. The molecule has 154 valence electrons. The summed E-state index contributed by atoms with van der Waals surface area (Å²) in [5.74, 6) is 0. The Morgan fingerprint density at radius 1 is 0.786 bits per heavy atom. The minimum absolute atomic E-state index is 0.238. The molecule has 0 fully saturated rings. The highest BCUT2D eigenvalue weighted by atomic mass is 32.2. The lowest BCUT2D eigenvalue weighted by atomic mass is 10.4. The van der Waals surface area contributed by atoms with E-state index in [1.807, 2.05) is 0 Å². The van der Waals surface area contributed by atoms with Crippen molar-refractivity contribution in [2.75, 3.05) is 12.5 Å². The van der Waals surface area contributed by atoms with Gasteiger partial charge in [0.25, 0.3) is 11.1 Å². The molecule has 0 amide bonds. The molecular formula is C14H12F6N4O2S2. The lowest BCUT2D eigenvalue weighted by molar-refractivity contribution is -0.142. The molecule has 0 spiro atoms. The van der Waals surface area contributed by atoms with Crippen LogP contribution in [0.5, 0.6) is 0 Å². The summed E-state index contributed by atoms with van der Waals surface area (Å²) in [5.41, 5.74) is -4.69. The van der Waals surface area contributed by atoms with E-state index in [9.17, 15) is 35.9 Å². The number of halogens is 6. The van der Waals surface area contributed by atoms with E-state index >= 15 is 0 Å². The van der Waals surface area contributed by atoms with Gasteiger partial charge in [-0.15, -0.1) is 0 Å². The first-order valence-electron chi connectivity index (χ1n) is 7.34. The third-order valence-electron chi connectivity index (χ3n) is 3.44. The van der Waals surface area contributed by atoms with E-state index in [2.05, 4.69) is 9.97 Å². The summed E-state index contributed by atoms with van der Waals surface area (Å²) in [7, 11) is 0. The SMILES string of the molecule is CSc1nc(C(F)(F)F)cc(=O)n1CCn1c(SC)nc(C(F)(F)F)cc1=O. The molecule has 2 aromatic heterocycles. The van der Waals surface area contributed by atoms with Crippen LogP contribution in [0.1, 0.15) is 11.4 Å². The van der Waals surface area contributed by atoms with Crippen molar-refractivity contribution < 1.29 is 26.3 Å². The molecular weight excluding hydrogens is 434 g/mol. The third-order valence-corrected chi connectivity index (χ3v) is 4.79. The summed E-state index contributed by atoms with van der Waals surface area (Å²) in [6.45, 7) is -0.554. The fourth-order valence-corrected chi connectivity index (χ4v) is 3.37.